The second-order valence-electron chi connectivity index (χ2n) is 7.50. The minimum absolute atomic E-state index is 0.0670. The van der Waals surface area contributed by atoms with Gasteiger partial charge in [0.1, 0.15) is 17.4 Å². The van der Waals surface area contributed by atoms with E-state index in [1.165, 1.54) is 12.1 Å². The average molecular weight is 393 g/mol. The molecule has 1 aliphatic rings. The molecule has 0 unspecified atom stereocenters. The standard InChI is InChI=1S/C23H24FN3O2/c1-15-25-21(11-23(28)26-15)19-14-27(12-16-7-3-6-10-22(16)29-2)13-18(19)17-8-4-5-9-20(17)24/h3-11,18-19H,12-14H2,1-2H3,(H,25,26,28)/t18-,19+/m0/s1. The van der Waals surface area contributed by atoms with E-state index in [0.29, 0.717) is 36.7 Å². The Morgan fingerprint density at radius 1 is 1.14 bits per heavy atom. The molecule has 0 aliphatic carbocycles. The minimum atomic E-state index is -0.219. The number of benzene rings is 2. The third-order valence-corrected chi connectivity index (χ3v) is 5.55. The van der Waals surface area contributed by atoms with Crippen molar-refractivity contribution in [2.24, 2.45) is 0 Å². The Morgan fingerprint density at radius 2 is 1.86 bits per heavy atom. The normalized spacial score (nSPS) is 19.4. The number of nitrogens with one attached hydrogen (secondary N) is 1. The Bertz CT molecular complexity index is 1070. The summed E-state index contributed by atoms with van der Waals surface area (Å²) in [5.41, 5.74) is 2.28. The van der Waals surface area contributed by atoms with Crippen molar-refractivity contribution < 1.29 is 9.13 Å². The highest BCUT2D eigenvalue weighted by Crippen LogP contribution is 2.40. The van der Waals surface area contributed by atoms with Crippen LogP contribution in [0.25, 0.3) is 0 Å². The number of aryl methyl sites for hydroxylation is 1. The van der Waals surface area contributed by atoms with Gasteiger partial charge in [0.15, 0.2) is 0 Å². The van der Waals surface area contributed by atoms with Crippen LogP contribution in [0.1, 0.15) is 34.5 Å². The van der Waals surface area contributed by atoms with Crippen LogP contribution in [-0.4, -0.2) is 35.1 Å². The lowest BCUT2D eigenvalue weighted by molar-refractivity contribution is 0.313. The van der Waals surface area contributed by atoms with Crippen LogP contribution in [0.5, 0.6) is 5.75 Å². The summed E-state index contributed by atoms with van der Waals surface area (Å²) < 4.78 is 20.1. The van der Waals surface area contributed by atoms with E-state index in [1.807, 2.05) is 36.4 Å². The first-order chi connectivity index (χ1) is 14.0. The van der Waals surface area contributed by atoms with E-state index in [0.717, 1.165) is 11.3 Å². The lowest BCUT2D eigenvalue weighted by Gasteiger charge is -2.19. The number of rotatable bonds is 5. The summed E-state index contributed by atoms with van der Waals surface area (Å²) in [5, 5.41) is 0. The van der Waals surface area contributed by atoms with E-state index in [4.69, 9.17) is 4.74 Å². The van der Waals surface area contributed by atoms with Gasteiger partial charge in [-0.1, -0.05) is 36.4 Å². The molecule has 4 rings (SSSR count). The van der Waals surface area contributed by atoms with E-state index < -0.39 is 0 Å². The maximum absolute atomic E-state index is 14.6. The van der Waals surface area contributed by atoms with Gasteiger partial charge in [0.05, 0.1) is 12.8 Å². The SMILES string of the molecule is COc1ccccc1CN1C[C@@H](c2cc(=O)[nH]c(C)n2)[C@H](c2ccccc2F)C1. The average Bonchev–Trinajstić information content (AvgIpc) is 3.11. The van der Waals surface area contributed by atoms with E-state index in [9.17, 15) is 9.18 Å². The highest BCUT2D eigenvalue weighted by Gasteiger charge is 2.37. The van der Waals surface area contributed by atoms with E-state index >= 15 is 0 Å². The summed E-state index contributed by atoms with van der Waals surface area (Å²) in [6, 6.07) is 16.3. The molecule has 2 heterocycles. The van der Waals surface area contributed by atoms with Gasteiger partial charge in [-0.15, -0.1) is 0 Å². The zero-order chi connectivity index (χ0) is 20.4. The summed E-state index contributed by atoms with van der Waals surface area (Å²) in [6.07, 6.45) is 0. The predicted molar refractivity (Wildman–Crippen MR) is 110 cm³/mol. The maximum atomic E-state index is 14.6. The number of aromatic amines is 1. The Morgan fingerprint density at radius 3 is 2.62 bits per heavy atom. The molecule has 3 aromatic rings. The molecule has 29 heavy (non-hydrogen) atoms. The monoisotopic (exact) mass is 393 g/mol. The second-order valence-corrected chi connectivity index (χ2v) is 7.50. The molecular formula is C23H24FN3O2. The van der Waals surface area contributed by atoms with Crippen LogP contribution in [0.3, 0.4) is 0 Å². The van der Waals surface area contributed by atoms with Gasteiger partial charge in [-0.05, 0) is 24.6 Å². The summed E-state index contributed by atoms with van der Waals surface area (Å²) in [6.45, 7) is 3.82. The first-order valence-corrected chi connectivity index (χ1v) is 9.71. The molecule has 6 heteroatoms. The van der Waals surface area contributed by atoms with Crippen molar-refractivity contribution in [3.8, 4) is 5.75 Å². The molecule has 1 fully saturated rings. The van der Waals surface area contributed by atoms with E-state index in [1.54, 1.807) is 20.1 Å². The van der Waals surface area contributed by atoms with Crippen molar-refractivity contribution >= 4 is 0 Å². The number of methoxy groups -OCH3 is 1. The number of nitrogens with zero attached hydrogens (tertiary/aromatic N) is 2. The van der Waals surface area contributed by atoms with Crippen LogP contribution < -0.4 is 10.3 Å². The Kier molecular flexibility index (Phi) is 5.45. The fourth-order valence-electron chi connectivity index (χ4n) is 4.27. The highest BCUT2D eigenvalue weighted by molar-refractivity contribution is 5.34. The molecule has 0 radical (unpaired) electrons. The van der Waals surface area contributed by atoms with E-state index in [-0.39, 0.29) is 23.2 Å². The van der Waals surface area contributed by atoms with Gasteiger partial charge in [0, 0.05) is 43.1 Å². The molecule has 0 bridgehead atoms. The predicted octanol–water partition coefficient (Wildman–Crippen LogP) is 3.61. The third-order valence-electron chi connectivity index (χ3n) is 5.55. The second kappa shape index (κ2) is 8.17. The first kappa shape index (κ1) is 19.3. The number of likely N-dealkylation sites (tertiary alicyclic amines) is 1. The molecular weight excluding hydrogens is 369 g/mol. The van der Waals surface area contributed by atoms with Crippen molar-refractivity contribution in [3.63, 3.8) is 0 Å². The third kappa shape index (κ3) is 4.07. The van der Waals surface area contributed by atoms with Gasteiger partial charge in [-0.2, -0.15) is 0 Å². The molecule has 2 atom stereocenters. The molecule has 1 saturated heterocycles. The summed E-state index contributed by atoms with van der Waals surface area (Å²) in [5.74, 6) is 1.04. The van der Waals surface area contributed by atoms with Crippen molar-refractivity contribution in [3.05, 3.63) is 93.4 Å². The van der Waals surface area contributed by atoms with Crippen molar-refractivity contribution in [2.75, 3.05) is 20.2 Å². The van der Waals surface area contributed by atoms with Gasteiger partial charge in [0.2, 0.25) is 0 Å². The largest absolute Gasteiger partial charge is 0.496 e. The number of hydrogen-bond acceptors (Lipinski definition) is 4. The number of H-pyrrole nitrogens is 1. The fraction of sp³-hybridized carbons (Fsp3) is 0.304. The summed E-state index contributed by atoms with van der Waals surface area (Å²) >= 11 is 0. The number of halogens is 1. The lowest BCUT2D eigenvalue weighted by Crippen LogP contribution is -2.21. The molecule has 0 amide bonds. The van der Waals surface area contributed by atoms with Crippen molar-refractivity contribution in [1.82, 2.24) is 14.9 Å². The molecule has 1 aliphatic heterocycles. The van der Waals surface area contributed by atoms with Crippen molar-refractivity contribution in [2.45, 2.75) is 25.3 Å². The van der Waals surface area contributed by atoms with Crippen LogP contribution in [0.4, 0.5) is 4.39 Å². The molecule has 2 aromatic carbocycles. The molecule has 5 nitrogen and oxygen atoms in total. The van der Waals surface area contributed by atoms with Gasteiger partial charge >= 0.3 is 0 Å². The van der Waals surface area contributed by atoms with Crippen LogP contribution in [-0.2, 0) is 6.54 Å². The number of para-hydroxylation sites is 1. The Hall–Kier alpha value is -2.99. The Labute approximate surface area is 169 Å². The van der Waals surface area contributed by atoms with Gasteiger partial charge in [-0.25, -0.2) is 9.37 Å². The van der Waals surface area contributed by atoms with Crippen molar-refractivity contribution in [1.29, 1.82) is 0 Å². The molecule has 150 valence electrons. The summed E-state index contributed by atoms with van der Waals surface area (Å²) in [7, 11) is 1.66. The zero-order valence-corrected chi connectivity index (χ0v) is 16.6. The van der Waals surface area contributed by atoms with E-state index in [2.05, 4.69) is 14.9 Å². The minimum Gasteiger partial charge on any atom is -0.496 e. The fourth-order valence-corrected chi connectivity index (χ4v) is 4.27. The van der Waals surface area contributed by atoms with Gasteiger partial charge in [-0.3, -0.25) is 9.69 Å². The molecule has 1 N–H and O–H groups in total. The number of hydrogen-bond donors (Lipinski definition) is 1. The van der Waals surface area contributed by atoms with Gasteiger partial charge < -0.3 is 9.72 Å². The van der Waals surface area contributed by atoms with Crippen LogP contribution in [0.2, 0.25) is 0 Å². The zero-order valence-electron chi connectivity index (χ0n) is 16.6. The van der Waals surface area contributed by atoms with Crippen LogP contribution in [0, 0.1) is 12.7 Å². The first-order valence-electron chi connectivity index (χ1n) is 9.71. The van der Waals surface area contributed by atoms with Crippen LogP contribution >= 0.6 is 0 Å². The molecule has 0 spiro atoms. The lowest BCUT2D eigenvalue weighted by atomic mass is 9.86. The smallest absolute Gasteiger partial charge is 0.251 e. The summed E-state index contributed by atoms with van der Waals surface area (Å²) in [4.78, 5) is 21.6. The number of aromatic nitrogens is 2. The van der Waals surface area contributed by atoms with Crippen LogP contribution in [0.15, 0.2) is 59.4 Å². The quantitative estimate of drug-likeness (QED) is 0.720. The topological polar surface area (TPSA) is 58.2 Å². The Balaban J connectivity index is 1.69. The number of ether oxygens (including phenoxy) is 1. The molecule has 0 saturated carbocycles. The maximum Gasteiger partial charge on any atom is 0.251 e. The van der Waals surface area contributed by atoms with Gasteiger partial charge in [0.25, 0.3) is 5.56 Å². The molecule has 1 aromatic heterocycles. The highest BCUT2D eigenvalue weighted by atomic mass is 19.1.